The first kappa shape index (κ1) is 22.4. The van der Waals surface area contributed by atoms with Crippen LogP contribution in [0.4, 0.5) is 10.8 Å². The molecule has 0 saturated heterocycles. The Kier molecular flexibility index (Phi) is 10.0. The molecule has 0 radical (unpaired) electrons. The number of carbonyl (C=O) groups is 1. The van der Waals surface area contributed by atoms with E-state index in [0.717, 1.165) is 48.0 Å². The number of aromatic nitrogens is 1. The minimum Gasteiger partial charge on any atom is -0.349 e. The molecule has 0 unspecified atom stereocenters. The molecule has 0 fully saturated rings. The average molecular weight is 402 g/mol. The standard InChI is InChI=1S/C23H35N3OS/c1-4-7-8-9-10-11-12-16-22(27)24-20-15-13-14-19(17-20)21-18-28-23(25-21)26(5-2)6-3/h13-15,17-18H,4-12,16H2,1-3H3,(H,24,27). The average Bonchev–Trinajstić information content (AvgIpc) is 3.18. The number of nitrogens with zero attached hydrogens (tertiary/aromatic N) is 2. The summed E-state index contributed by atoms with van der Waals surface area (Å²) in [4.78, 5) is 19.3. The van der Waals surface area contributed by atoms with Gasteiger partial charge in [-0.15, -0.1) is 11.3 Å². The maximum absolute atomic E-state index is 12.2. The van der Waals surface area contributed by atoms with Gasteiger partial charge in [-0.25, -0.2) is 4.98 Å². The predicted octanol–water partition coefficient (Wildman–Crippen LogP) is 6.74. The van der Waals surface area contributed by atoms with Crippen molar-refractivity contribution in [3.63, 3.8) is 0 Å². The highest BCUT2D eigenvalue weighted by Crippen LogP contribution is 2.28. The second-order valence-corrected chi connectivity index (χ2v) is 8.02. The van der Waals surface area contributed by atoms with Crippen molar-refractivity contribution in [2.45, 2.75) is 72.1 Å². The Morgan fingerprint density at radius 3 is 2.46 bits per heavy atom. The molecule has 1 aromatic carbocycles. The third-order valence-electron chi connectivity index (χ3n) is 4.98. The Labute approximate surface area is 174 Å². The summed E-state index contributed by atoms with van der Waals surface area (Å²) in [5, 5.41) is 6.18. The van der Waals surface area contributed by atoms with Crippen LogP contribution in [0.2, 0.25) is 0 Å². The normalized spacial score (nSPS) is 10.8. The quantitative estimate of drug-likeness (QED) is 0.378. The second-order valence-electron chi connectivity index (χ2n) is 7.19. The van der Waals surface area contributed by atoms with Crippen LogP contribution in [-0.2, 0) is 4.79 Å². The van der Waals surface area contributed by atoms with Crippen molar-refractivity contribution in [1.29, 1.82) is 0 Å². The molecule has 2 aromatic rings. The van der Waals surface area contributed by atoms with Crippen LogP contribution in [0.5, 0.6) is 0 Å². The molecule has 0 aliphatic rings. The number of unbranched alkanes of at least 4 members (excludes halogenated alkanes) is 6. The number of anilines is 2. The number of nitrogens with one attached hydrogen (secondary N) is 1. The molecular weight excluding hydrogens is 366 g/mol. The van der Waals surface area contributed by atoms with Crippen LogP contribution in [0.1, 0.15) is 72.1 Å². The third kappa shape index (κ3) is 7.27. The van der Waals surface area contributed by atoms with E-state index in [1.807, 2.05) is 24.3 Å². The van der Waals surface area contributed by atoms with E-state index in [-0.39, 0.29) is 5.91 Å². The van der Waals surface area contributed by atoms with Gasteiger partial charge in [-0.3, -0.25) is 4.79 Å². The number of amides is 1. The molecule has 0 spiro atoms. The van der Waals surface area contributed by atoms with Gasteiger partial charge < -0.3 is 10.2 Å². The summed E-state index contributed by atoms with van der Waals surface area (Å²) < 4.78 is 0. The van der Waals surface area contributed by atoms with E-state index in [1.54, 1.807) is 11.3 Å². The Hall–Kier alpha value is -1.88. The summed E-state index contributed by atoms with van der Waals surface area (Å²) in [6.07, 6.45) is 9.16. The smallest absolute Gasteiger partial charge is 0.224 e. The lowest BCUT2D eigenvalue weighted by atomic mass is 10.1. The molecule has 5 heteroatoms. The molecule has 0 atom stereocenters. The SMILES string of the molecule is CCCCCCCCCC(=O)Nc1cccc(-c2csc(N(CC)CC)n2)c1. The van der Waals surface area contributed by atoms with Gasteiger partial charge in [-0.2, -0.15) is 0 Å². The molecule has 0 bridgehead atoms. The molecule has 154 valence electrons. The topological polar surface area (TPSA) is 45.2 Å². The number of hydrogen-bond acceptors (Lipinski definition) is 4. The lowest BCUT2D eigenvalue weighted by Crippen LogP contribution is -2.21. The van der Waals surface area contributed by atoms with Gasteiger partial charge in [-0.05, 0) is 32.4 Å². The first-order chi connectivity index (χ1) is 13.7. The first-order valence-corrected chi connectivity index (χ1v) is 11.7. The molecule has 4 nitrogen and oxygen atoms in total. The Balaban J connectivity index is 1.83. The number of benzene rings is 1. The molecule has 1 amide bonds. The minimum absolute atomic E-state index is 0.104. The fraction of sp³-hybridized carbons (Fsp3) is 0.565. The van der Waals surface area contributed by atoms with Crippen molar-refractivity contribution < 1.29 is 4.79 Å². The predicted molar refractivity (Wildman–Crippen MR) is 122 cm³/mol. The van der Waals surface area contributed by atoms with Gasteiger partial charge in [0.05, 0.1) is 5.69 Å². The zero-order valence-corrected chi connectivity index (χ0v) is 18.5. The van der Waals surface area contributed by atoms with Crippen LogP contribution in [0.25, 0.3) is 11.3 Å². The van der Waals surface area contributed by atoms with Crippen molar-refractivity contribution in [3.8, 4) is 11.3 Å². The van der Waals surface area contributed by atoms with Gasteiger partial charge in [0, 0.05) is 36.1 Å². The van der Waals surface area contributed by atoms with E-state index in [0.29, 0.717) is 6.42 Å². The van der Waals surface area contributed by atoms with Crippen molar-refractivity contribution in [2.75, 3.05) is 23.3 Å². The van der Waals surface area contributed by atoms with Crippen LogP contribution < -0.4 is 10.2 Å². The largest absolute Gasteiger partial charge is 0.349 e. The molecule has 2 rings (SSSR count). The van der Waals surface area contributed by atoms with E-state index in [4.69, 9.17) is 4.98 Å². The monoisotopic (exact) mass is 401 g/mol. The molecule has 28 heavy (non-hydrogen) atoms. The van der Waals surface area contributed by atoms with Gasteiger partial charge in [-0.1, -0.05) is 57.6 Å². The summed E-state index contributed by atoms with van der Waals surface area (Å²) in [7, 11) is 0. The Bertz CT molecular complexity index is 709. The van der Waals surface area contributed by atoms with Crippen LogP contribution in [0, 0.1) is 0 Å². The first-order valence-electron chi connectivity index (χ1n) is 10.8. The molecule has 1 heterocycles. The van der Waals surface area contributed by atoms with Gasteiger partial charge in [0.25, 0.3) is 0 Å². The highest BCUT2D eigenvalue weighted by molar-refractivity contribution is 7.14. The number of carbonyl (C=O) groups excluding carboxylic acids is 1. The van der Waals surface area contributed by atoms with Crippen LogP contribution >= 0.6 is 11.3 Å². The summed E-state index contributed by atoms with van der Waals surface area (Å²) >= 11 is 1.67. The van der Waals surface area contributed by atoms with Gasteiger partial charge in [0.1, 0.15) is 0 Å². The van der Waals surface area contributed by atoms with E-state index in [2.05, 4.69) is 36.4 Å². The number of rotatable bonds is 13. The van der Waals surface area contributed by atoms with Crippen molar-refractivity contribution in [2.24, 2.45) is 0 Å². The van der Waals surface area contributed by atoms with E-state index in [1.165, 1.54) is 32.1 Å². The molecular formula is C23H35N3OS. The van der Waals surface area contributed by atoms with Crippen LogP contribution in [0.3, 0.4) is 0 Å². The summed E-state index contributed by atoms with van der Waals surface area (Å²) in [6, 6.07) is 8.00. The van der Waals surface area contributed by atoms with Crippen molar-refractivity contribution >= 4 is 28.1 Å². The lowest BCUT2D eigenvalue weighted by Gasteiger charge is -2.16. The molecule has 1 aromatic heterocycles. The van der Waals surface area contributed by atoms with E-state index >= 15 is 0 Å². The maximum Gasteiger partial charge on any atom is 0.224 e. The number of hydrogen-bond donors (Lipinski definition) is 1. The Morgan fingerprint density at radius 1 is 1.04 bits per heavy atom. The van der Waals surface area contributed by atoms with Gasteiger partial charge in [0.2, 0.25) is 5.91 Å². The zero-order valence-electron chi connectivity index (χ0n) is 17.7. The summed E-state index contributed by atoms with van der Waals surface area (Å²) in [5.41, 5.74) is 2.86. The molecule has 0 saturated carbocycles. The summed E-state index contributed by atoms with van der Waals surface area (Å²) in [6.45, 7) is 8.44. The summed E-state index contributed by atoms with van der Waals surface area (Å²) in [5.74, 6) is 0.104. The molecule has 1 N–H and O–H groups in total. The highest BCUT2D eigenvalue weighted by atomic mass is 32.1. The fourth-order valence-electron chi connectivity index (χ4n) is 3.26. The van der Waals surface area contributed by atoms with Crippen molar-refractivity contribution in [1.82, 2.24) is 4.98 Å². The van der Waals surface area contributed by atoms with Crippen LogP contribution in [0.15, 0.2) is 29.6 Å². The lowest BCUT2D eigenvalue weighted by molar-refractivity contribution is -0.116. The zero-order chi connectivity index (χ0) is 20.2. The highest BCUT2D eigenvalue weighted by Gasteiger charge is 2.10. The Morgan fingerprint density at radius 2 is 1.75 bits per heavy atom. The minimum atomic E-state index is 0.104. The van der Waals surface area contributed by atoms with Crippen molar-refractivity contribution in [3.05, 3.63) is 29.6 Å². The van der Waals surface area contributed by atoms with E-state index < -0.39 is 0 Å². The second kappa shape index (κ2) is 12.6. The van der Waals surface area contributed by atoms with E-state index in [9.17, 15) is 4.79 Å². The maximum atomic E-state index is 12.2. The molecule has 0 aliphatic carbocycles. The van der Waals surface area contributed by atoms with Gasteiger partial charge in [0.15, 0.2) is 5.13 Å². The third-order valence-corrected chi connectivity index (χ3v) is 5.88. The van der Waals surface area contributed by atoms with Gasteiger partial charge >= 0.3 is 0 Å². The molecule has 0 aliphatic heterocycles. The number of thiazole rings is 1. The van der Waals surface area contributed by atoms with Crippen LogP contribution in [-0.4, -0.2) is 24.0 Å². The fourth-order valence-corrected chi connectivity index (χ4v) is 4.22.